The summed E-state index contributed by atoms with van der Waals surface area (Å²) in [5.74, 6) is 0.952. The van der Waals surface area contributed by atoms with Crippen LogP contribution in [0.15, 0.2) is 34.2 Å². The van der Waals surface area contributed by atoms with Gasteiger partial charge in [-0.1, -0.05) is 36.4 Å². The Kier molecular flexibility index (Phi) is 4.60. The lowest BCUT2D eigenvalue weighted by atomic mass is 10.2. The van der Waals surface area contributed by atoms with Crippen molar-refractivity contribution < 1.29 is 0 Å². The fraction of sp³-hybridized carbons (Fsp3) is 0.333. The van der Waals surface area contributed by atoms with Crippen molar-refractivity contribution in [3.8, 4) is 5.69 Å². The van der Waals surface area contributed by atoms with Crippen molar-refractivity contribution >= 4 is 33.3 Å². The third-order valence-electron chi connectivity index (χ3n) is 3.90. The summed E-state index contributed by atoms with van der Waals surface area (Å²) in [6, 6.07) is 8.06. The van der Waals surface area contributed by atoms with Crippen LogP contribution >= 0.6 is 23.1 Å². The molecule has 0 spiro atoms. The van der Waals surface area contributed by atoms with Crippen LogP contribution in [0, 0.1) is 20.8 Å². The highest BCUT2D eigenvalue weighted by atomic mass is 32.2. The number of rotatable bonds is 4. The number of benzene rings is 1. The molecule has 3 aromatic rings. The summed E-state index contributed by atoms with van der Waals surface area (Å²) in [6.45, 7) is 8.25. The quantitative estimate of drug-likeness (QED) is 0.500. The third kappa shape index (κ3) is 2.95. The zero-order valence-corrected chi connectivity index (χ0v) is 15.5. The zero-order chi connectivity index (χ0) is 16.6. The molecule has 1 aromatic carbocycles. The normalized spacial score (nSPS) is 11.3. The highest BCUT2D eigenvalue weighted by Gasteiger charge is 2.17. The van der Waals surface area contributed by atoms with E-state index in [0.29, 0.717) is 0 Å². The first-order valence-corrected chi connectivity index (χ1v) is 9.55. The number of aromatic nitrogens is 2. The van der Waals surface area contributed by atoms with Gasteiger partial charge in [0, 0.05) is 10.6 Å². The Morgan fingerprint density at radius 1 is 1.17 bits per heavy atom. The topological polar surface area (TPSA) is 34.9 Å². The molecule has 3 rings (SSSR count). The fourth-order valence-electron chi connectivity index (χ4n) is 2.49. The predicted molar refractivity (Wildman–Crippen MR) is 100 cm³/mol. The smallest absolute Gasteiger partial charge is 0.267 e. The maximum absolute atomic E-state index is 13.1. The maximum Gasteiger partial charge on any atom is 0.267 e. The standard InChI is InChI=1S/C18H20N2OS2/c1-5-10-22-18-19-16-15(12(3)13(4)23-16)17(21)20(18)14-8-6-11(2)7-9-14/h6-9H,5,10H2,1-4H3. The Labute approximate surface area is 144 Å². The monoisotopic (exact) mass is 344 g/mol. The molecule has 0 saturated carbocycles. The Hall–Kier alpha value is -1.59. The van der Waals surface area contributed by atoms with Gasteiger partial charge >= 0.3 is 0 Å². The lowest BCUT2D eigenvalue weighted by Gasteiger charge is -2.12. The molecule has 0 atom stereocenters. The third-order valence-corrected chi connectivity index (χ3v) is 6.15. The van der Waals surface area contributed by atoms with Crippen LogP contribution in [0.1, 0.15) is 29.3 Å². The van der Waals surface area contributed by atoms with Crippen molar-refractivity contribution in [2.24, 2.45) is 0 Å². The van der Waals surface area contributed by atoms with Crippen LogP contribution in [0.5, 0.6) is 0 Å². The zero-order valence-electron chi connectivity index (χ0n) is 13.8. The van der Waals surface area contributed by atoms with E-state index < -0.39 is 0 Å². The highest BCUT2D eigenvalue weighted by molar-refractivity contribution is 7.99. The first-order valence-electron chi connectivity index (χ1n) is 7.75. The van der Waals surface area contributed by atoms with Gasteiger partial charge < -0.3 is 0 Å². The summed E-state index contributed by atoms with van der Waals surface area (Å²) >= 11 is 3.26. The second kappa shape index (κ2) is 6.49. The molecular formula is C18H20N2OS2. The number of hydrogen-bond donors (Lipinski definition) is 0. The van der Waals surface area contributed by atoms with Gasteiger partial charge in [0.05, 0.1) is 11.1 Å². The van der Waals surface area contributed by atoms with Crippen molar-refractivity contribution in [3.63, 3.8) is 0 Å². The first kappa shape index (κ1) is 16.3. The van der Waals surface area contributed by atoms with Gasteiger partial charge in [-0.05, 0) is 44.9 Å². The molecule has 0 amide bonds. The van der Waals surface area contributed by atoms with Gasteiger partial charge in [-0.15, -0.1) is 11.3 Å². The van der Waals surface area contributed by atoms with E-state index in [1.165, 1.54) is 5.56 Å². The predicted octanol–water partition coefficient (Wildman–Crippen LogP) is 4.87. The van der Waals surface area contributed by atoms with Crippen molar-refractivity contribution in [2.45, 2.75) is 39.3 Å². The maximum atomic E-state index is 13.1. The first-order chi connectivity index (χ1) is 11.0. The second-order valence-corrected chi connectivity index (χ2v) is 7.95. The molecule has 0 radical (unpaired) electrons. The second-order valence-electron chi connectivity index (χ2n) is 5.68. The van der Waals surface area contributed by atoms with Crippen molar-refractivity contribution in [3.05, 3.63) is 50.6 Å². The van der Waals surface area contributed by atoms with E-state index in [1.807, 2.05) is 38.1 Å². The minimum atomic E-state index is 0.0410. The fourth-order valence-corrected chi connectivity index (χ4v) is 4.42. The van der Waals surface area contributed by atoms with E-state index in [4.69, 9.17) is 4.98 Å². The molecule has 5 heteroatoms. The molecule has 2 aromatic heterocycles. The summed E-state index contributed by atoms with van der Waals surface area (Å²) in [6.07, 6.45) is 1.05. The molecule has 0 saturated heterocycles. The molecule has 0 aliphatic carbocycles. The van der Waals surface area contributed by atoms with Crippen LogP contribution in [-0.2, 0) is 0 Å². The van der Waals surface area contributed by atoms with E-state index in [0.717, 1.165) is 43.7 Å². The summed E-state index contributed by atoms with van der Waals surface area (Å²) in [7, 11) is 0. The van der Waals surface area contributed by atoms with E-state index in [-0.39, 0.29) is 5.56 Å². The Morgan fingerprint density at radius 2 is 1.87 bits per heavy atom. The van der Waals surface area contributed by atoms with Gasteiger partial charge in [0.1, 0.15) is 4.83 Å². The summed E-state index contributed by atoms with van der Waals surface area (Å²) in [5, 5.41) is 1.54. The lowest BCUT2D eigenvalue weighted by molar-refractivity contribution is 0.820. The molecule has 3 nitrogen and oxygen atoms in total. The highest BCUT2D eigenvalue weighted by Crippen LogP contribution is 2.29. The van der Waals surface area contributed by atoms with Crippen LogP contribution in [0.4, 0.5) is 0 Å². The van der Waals surface area contributed by atoms with Gasteiger partial charge in [0.2, 0.25) is 0 Å². The molecule has 2 heterocycles. The number of fused-ring (bicyclic) bond motifs is 1. The Bertz CT molecular complexity index is 907. The summed E-state index contributed by atoms with van der Waals surface area (Å²) in [4.78, 5) is 20.0. The minimum Gasteiger partial charge on any atom is -0.268 e. The Balaban J connectivity index is 2.31. The molecule has 0 aliphatic heterocycles. The van der Waals surface area contributed by atoms with Gasteiger partial charge in [-0.25, -0.2) is 4.98 Å². The average Bonchev–Trinajstić information content (AvgIpc) is 2.81. The molecular weight excluding hydrogens is 324 g/mol. The van der Waals surface area contributed by atoms with E-state index in [9.17, 15) is 4.79 Å². The van der Waals surface area contributed by atoms with E-state index >= 15 is 0 Å². The van der Waals surface area contributed by atoms with Crippen LogP contribution in [-0.4, -0.2) is 15.3 Å². The number of nitrogens with zero attached hydrogens (tertiary/aromatic N) is 2. The van der Waals surface area contributed by atoms with Gasteiger partial charge in [-0.2, -0.15) is 0 Å². The number of hydrogen-bond acceptors (Lipinski definition) is 4. The van der Waals surface area contributed by atoms with Crippen molar-refractivity contribution in [2.75, 3.05) is 5.75 Å². The molecule has 23 heavy (non-hydrogen) atoms. The molecule has 0 fully saturated rings. The summed E-state index contributed by atoms with van der Waals surface area (Å²) < 4.78 is 1.77. The van der Waals surface area contributed by atoms with Crippen LogP contribution in [0.2, 0.25) is 0 Å². The van der Waals surface area contributed by atoms with Crippen LogP contribution < -0.4 is 5.56 Å². The number of thioether (sulfide) groups is 1. The summed E-state index contributed by atoms with van der Waals surface area (Å²) in [5.41, 5.74) is 3.16. The number of aryl methyl sites for hydroxylation is 3. The molecule has 0 unspecified atom stereocenters. The van der Waals surface area contributed by atoms with E-state index in [2.05, 4.69) is 13.8 Å². The molecule has 0 bridgehead atoms. The molecule has 120 valence electrons. The number of thiophene rings is 1. The van der Waals surface area contributed by atoms with Crippen molar-refractivity contribution in [1.82, 2.24) is 9.55 Å². The van der Waals surface area contributed by atoms with Gasteiger partial charge in [0.15, 0.2) is 5.16 Å². The largest absolute Gasteiger partial charge is 0.268 e. The van der Waals surface area contributed by atoms with Crippen LogP contribution in [0.3, 0.4) is 0 Å². The van der Waals surface area contributed by atoms with E-state index in [1.54, 1.807) is 27.7 Å². The van der Waals surface area contributed by atoms with Gasteiger partial charge in [0.25, 0.3) is 5.56 Å². The molecule has 0 N–H and O–H groups in total. The Morgan fingerprint density at radius 3 is 2.52 bits per heavy atom. The minimum absolute atomic E-state index is 0.0410. The molecule has 0 aliphatic rings. The lowest BCUT2D eigenvalue weighted by Crippen LogP contribution is -2.21. The van der Waals surface area contributed by atoms with Gasteiger partial charge in [-0.3, -0.25) is 9.36 Å². The average molecular weight is 345 g/mol. The van der Waals surface area contributed by atoms with Crippen molar-refractivity contribution in [1.29, 1.82) is 0 Å². The SMILES string of the molecule is CCCSc1nc2sc(C)c(C)c2c(=O)n1-c1ccc(C)cc1. The van der Waals surface area contributed by atoms with Crippen LogP contribution in [0.25, 0.3) is 15.9 Å².